The van der Waals surface area contributed by atoms with Gasteiger partial charge in [0, 0.05) is 11.7 Å². The number of hydrogen-bond donors (Lipinski definition) is 2. The van der Waals surface area contributed by atoms with Crippen molar-refractivity contribution in [3.8, 4) is 0 Å². The van der Waals surface area contributed by atoms with E-state index in [1.807, 2.05) is 0 Å². The highest BCUT2D eigenvalue weighted by Crippen LogP contribution is 2.40. The molecule has 1 aromatic rings. The summed E-state index contributed by atoms with van der Waals surface area (Å²) >= 11 is 0. The van der Waals surface area contributed by atoms with E-state index in [0.717, 1.165) is 6.07 Å². The summed E-state index contributed by atoms with van der Waals surface area (Å²) in [4.78, 5) is 11.1. The zero-order valence-corrected chi connectivity index (χ0v) is 11.2. The quantitative estimate of drug-likeness (QED) is 0.894. The van der Waals surface area contributed by atoms with Gasteiger partial charge in [-0.2, -0.15) is 13.2 Å². The largest absolute Gasteiger partial charge is 0.481 e. The van der Waals surface area contributed by atoms with Crippen molar-refractivity contribution in [3.63, 3.8) is 0 Å². The molecule has 0 fully saturated rings. The van der Waals surface area contributed by atoms with Crippen molar-refractivity contribution in [3.05, 3.63) is 29.3 Å². The average molecular weight is 287 g/mol. The normalized spacial score (nSPS) is 18.6. The molecule has 1 unspecified atom stereocenters. The summed E-state index contributed by atoms with van der Waals surface area (Å²) in [6.45, 7) is 3.15. The van der Waals surface area contributed by atoms with Crippen molar-refractivity contribution in [1.29, 1.82) is 0 Å². The van der Waals surface area contributed by atoms with Crippen LogP contribution in [0.1, 0.15) is 31.4 Å². The van der Waals surface area contributed by atoms with E-state index in [-0.39, 0.29) is 24.4 Å². The topological polar surface area (TPSA) is 49.3 Å². The number of benzene rings is 1. The zero-order valence-electron chi connectivity index (χ0n) is 11.2. The molecule has 0 spiro atoms. The van der Waals surface area contributed by atoms with Crippen molar-refractivity contribution < 1.29 is 23.1 Å². The molecule has 0 aliphatic carbocycles. The molecule has 1 aromatic carbocycles. The number of carbonyl (C=O) groups is 1. The van der Waals surface area contributed by atoms with E-state index < -0.39 is 23.1 Å². The highest BCUT2D eigenvalue weighted by atomic mass is 19.4. The minimum Gasteiger partial charge on any atom is -0.481 e. The number of anilines is 1. The van der Waals surface area contributed by atoms with Crippen LogP contribution in [0, 0.1) is 5.41 Å². The van der Waals surface area contributed by atoms with Gasteiger partial charge in [0.1, 0.15) is 0 Å². The Hall–Kier alpha value is -1.72. The Morgan fingerprint density at radius 1 is 1.40 bits per heavy atom. The molecule has 3 nitrogen and oxygen atoms in total. The Morgan fingerprint density at radius 2 is 2.05 bits per heavy atom. The van der Waals surface area contributed by atoms with Crippen LogP contribution in [0.25, 0.3) is 0 Å². The first-order valence-corrected chi connectivity index (χ1v) is 6.30. The molecular formula is C14H16F3NO2. The van der Waals surface area contributed by atoms with Gasteiger partial charge in [-0.1, -0.05) is 6.07 Å². The maximum Gasteiger partial charge on any atom is 0.416 e. The van der Waals surface area contributed by atoms with Crippen LogP contribution in [-0.2, 0) is 17.4 Å². The van der Waals surface area contributed by atoms with Gasteiger partial charge >= 0.3 is 12.1 Å². The lowest BCUT2D eigenvalue weighted by Gasteiger charge is -2.23. The van der Waals surface area contributed by atoms with Crippen LogP contribution in [0.15, 0.2) is 18.2 Å². The summed E-state index contributed by atoms with van der Waals surface area (Å²) < 4.78 is 38.7. The average Bonchev–Trinajstić information content (AvgIpc) is 2.67. The van der Waals surface area contributed by atoms with Gasteiger partial charge in [-0.3, -0.25) is 4.79 Å². The van der Waals surface area contributed by atoms with Crippen molar-refractivity contribution in [1.82, 2.24) is 0 Å². The highest BCUT2D eigenvalue weighted by molar-refractivity contribution is 5.74. The molecule has 0 saturated heterocycles. The van der Waals surface area contributed by atoms with Gasteiger partial charge in [0.25, 0.3) is 0 Å². The van der Waals surface area contributed by atoms with Crippen LogP contribution in [0.5, 0.6) is 0 Å². The predicted molar refractivity (Wildman–Crippen MR) is 68.6 cm³/mol. The Balaban J connectivity index is 2.22. The van der Waals surface area contributed by atoms with E-state index in [1.54, 1.807) is 19.9 Å². The molecule has 2 N–H and O–H groups in total. The van der Waals surface area contributed by atoms with Gasteiger partial charge in [0.15, 0.2) is 0 Å². The number of carboxylic acid groups (broad SMARTS) is 1. The standard InChI is InChI=1S/C14H16F3NO2/c1-13(2,12(19)20)7-8-6-9-10(14(15,16)17)4-3-5-11(9)18-8/h3-5,8,18H,6-7H2,1-2H3,(H,19,20). The number of hydrogen-bond acceptors (Lipinski definition) is 2. The first-order valence-electron chi connectivity index (χ1n) is 6.30. The second-order valence-corrected chi connectivity index (χ2v) is 5.77. The summed E-state index contributed by atoms with van der Waals surface area (Å²) in [5, 5.41) is 12.1. The molecular weight excluding hydrogens is 271 g/mol. The summed E-state index contributed by atoms with van der Waals surface area (Å²) in [6, 6.07) is 3.72. The highest BCUT2D eigenvalue weighted by Gasteiger charge is 2.39. The maximum absolute atomic E-state index is 12.9. The molecule has 1 heterocycles. The van der Waals surface area contributed by atoms with Crippen LogP contribution in [0.4, 0.5) is 18.9 Å². The fourth-order valence-corrected chi connectivity index (χ4v) is 2.55. The Kier molecular flexibility index (Phi) is 3.44. The molecule has 0 amide bonds. The van der Waals surface area contributed by atoms with Crippen molar-refractivity contribution in [2.24, 2.45) is 5.41 Å². The van der Waals surface area contributed by atoms with E-state index in [1.165, 1.54) is 6.07 Å². The molecule has 1 aliphatic rings. The summed E-state index contributed by atoms with van der Waals surface area (Å²) in [6.07, 6.45) is -3.92. The minimum atomic E-state index is -4.38. The Labute approximate surface area is 114 Å². The van der Waals surface area contributed by atoms with Gasteiger partial charge in [0.2, 0.25) is 0 Å². The number of carboxylic acids is 1. The second-order valence-electron chi connectivity index (χ2n) is 5.77. The molecule has 6 heteroatoms. The number of fused-ring (bicyclic) bond motifs is 1. The number of rotatable bonds is 3. The second kappa shape index (κ2) is 4.68. The molecule has 0 saturated carbocycles. The van der Waals surface area contributed by atoms with Gasteiger partial charge in [0.05, 0.1) is 11.0 Å². The number of alkyl halides is 3. The van der Waals surface area contributed by atoms with Gasteiger partial charge in [-0.05, 0) is 44.4 Å². The molecule has 0 aromatic heterocycles. The van der Waals surface area contributed by atoms with E-state index in [2.05, 4.69) is 5.32 Å². The summed E-state index contributed by atoms with van der Waals surface area (Å²) in [5.41, 5.74) is -0.937. The SMILES string of the molecule is CC(C)(CC1Cc2c(cccc2C(F)(F)F)N1)C(=O)O. The first kappa shape index (κ1) is 14.7. The third kappa shape index (κ3) is 2.73. The van der Waals surface area contributed by atoms with E-state index in [0.29, 0.717) is 5.69 Å². The summed E-state index contributed by atoms with van der Waals surface area (Å²) in [5.74, 6) is -0.952. The van der Waals surface area contributed by atoms with Crippen LogP contribution < -0.4 is 5.32 Å². The number of aliphatic carboxylic acids is 1. The Bertz CT molecular complexity index is 538. The monoisotopic (exact) mass is 287 g/mol. The summed E-state index contributed by atoms with van der Waals surface area (Å²) in [7, 11) is 0. The molecule has 1 aliphatic heterocycles. The number of halogens is 3. The molecule has 0 radical (unpaired) electrons. The molecule has 110 valence electrons. The number of nitrogens with one attached hydrogen (secondary N) is 1. The van der Waals surface area contributed by atoms with E-state index >= 15 is 0 Å². The van der Waals surface area contributed by atoms with Gasteiger partial charge < -0.3 is 10.4 Å². The molecule has 1 atom stereocenters. The first-order chi connectivity index (χ1) is 9.11. The molecule has 20 heavy (non-hydrogen) atoms. The van der Waals surface area contributed by atoms with E-state index in [4.69, 9.17) is 5.11 Å². The van der Waals surface area contributed by atoms with Crippen LogP contribution in [0.3, 0.4) is 0 Å². The third-order valence-electron chi connectivity index (χ3n) is 3.63. The van der Waals surface area contributed by atoms with Crippen LogP contribution in [0.2, 0.25) is 0 Å². The molecule has 2 rings (SSSR count). The van der Waals surface area contributed by atoms with Crippen LogP contribution >= 0.6 is 0 Å². The minimum absolute atomic E-state index is 0.196. The Morgan fingerprint density at radius 3 is 2.60 bits per heavy atom. The lowest BCUT2D eigenvalue weighted by atomic mass is 9.85. The maximum atomic E-state index is 12.9. The lowest BCUT2D eigenvalue weighted by Crippen LogP contribution is -2.31. The van der Waals surface area contributed by atoms with Crippen molar-refractivity contribution >= 4 is 11.7 Å². The van der Waals surface area contributed by atoms with Crippen LogP contribution in [-0.4, -0.2) is 17.1 Å². The van der Waals surface area contributed by atoms with Crippen molar-refractivity contribution in [2.45, 2.75) is 38.9 Å². The molecule has 0 bridgehead atoms. The smallest absolute Gasteiger partial charge is 0.416 e. The lowest BCUT2D eigenvalue weighted by molar-refractivity contribution is -0.147. The van der Waals surface area contributed by atoms with Gasteiger partial charge in [-0.25, -0.2) is 0 Å². The van der Waals surface area contributed by atoms with E-state index in [9.17, 15) is 18.0 Å². The zero-order chi connectivity index (χ0) is 15.1. The van der Waals surface area contributed by atoms with Gasteiger partial charge in [-0.15, -0.1) is 0 Å². The third-order valence-corrected chi connectivity index (χ3v) is 3.63. The fourth-order valence-electron chi connectivity index (χ4n) is 2.55. The predicted octanol–water partition coefficient (Wildman–Crippen LogP) is 3.54. The fraction of sp³-hybridized carbons (Fsp3) is 0.500. The van der Waals surface area contributed by atoms with Crippen molar-refractivity contribution in [2.75, 3.05) is 5.32 Å².